The summed E-state index contributed by atoms with van der Waals surface area (Å²) in [5, 5.41) is 0. The average molecular weight is 202 g/mol. The number of thioether (sulfide) groups is 1. The predicted molar refractivity (Wildman–Crippen MR) is 61.3 cm³/mol. The Kier molecular flexibility index (Phi) is 6.68. The van der Waals surface area contributed by atoms with E-state index < -0.39 is 0 Å². The molecule has 1 saturated heterocycles. The number of rotatable bonds is 7. The van der Waals surface area contributed by atoms with E-state index in [1.165, 1.54) is 56.8 Å². The van der Waals surface area contributed by atoms with Gasteiger partial charge in [0.25, 0.3) is 0 Å². The van der Waals surface area contributed by atoms with Crippen LogP contribution in [-0.4, -0.2) is 42.6 Å². The van der Waals surface area contributed by atoms with Gasteiger partial charge in [0.1, 0.15) is 0 Å². The van der Waals surface area contributed by atoms with Crippen molar-refractivity contribution in [3.8, 4) is 0 Å². The summed E-state index contributed by atoms with van der Waals surface area (Å²) < 4.78 is 0. The van der Waals surface area contributed by atoms with E-state index in [0.717, 1.165) is 6.54 Å². The summed E-state index contributed by atoms with van der Waals surface area (Å²) in [6.45, 7) is 4.84. The molecular weight excluding hydrogens is 180 g/mol. The monoisotopic (exact) mass is 202 g/mol. The molecule has 0 unspecified atom stereocenters. The van der Waals surface area contributed by atoms with Crippen LogP contribution in [0.5, 0.6) is 0 Å². The van der Waals surface area contributed by atoms with Gasteiger partial charge in [-0.15, -0.1) is 0 Å². The van der Waals surface area contributed by atoms with Crippen LogP contribution in [0.25, 0.3) is 0 Å². The molecular formula is C10H22N2S. The molecule has 1 rings (SSSR count). The van der Waals surface area contributed by atoms with Gasteiger partial charge in [0, 0.05) is 0 Å². The van der Waals surface area contributed by atoms with Crippen molar-refractivity contribution in [2.75, 3.05) is 37.7 Å². The molecule has 0 aromatic heterocycles. The zero-order valence-corrected chi connectivity index (χ0v) is 9.32. The van der Waals surface area contributed by atoms with Crippen LogP contribution in [0.3, 0.4) is 0 Å². The maximum atomic E-state index is 5.42. The first-order chi connectivity index (χ1) is 6.43. The second-order valence-electron chi connectivity index (χ2n) is 3.66. The Morgan fingerprint density at radius 1 is 1.08 bits per heavy atom. The van der Waals surface area contributed by atoms with E-state index in [4.69, 9.17) is 5.73 Å². The third-order valence-electron chi connectivity index (χ3n) is 2.45. The Morgan fingerprint density at radius 2 is 1.77 bits per heavy atom. The minimum absolute atomic E-state index is 0.846. The van der Waals surface area contributed by atoms with Gasteiger partial charge in [-0.3, -0.25) is 0 Å². The van der Waals surface area contributed by atoms with E-state index in [2.05, 4.69) is 16.7 Å². The minimum Gasteiger partial charge on any atom is -0.330 e. The highest BCUT2D eigenvalue weighted by molar-refractivity contribution is 7.99. The highest BCUT2D eigenvalue weighted by Gasteiger charge is 2.09. The van der Waals surface area contributed by atoms with Crippen LogP contribution < -0.4 is 5.73 Å². The van der Waals surface area contributed by atoms with Crippen LogP contribution in [0, 0.1) is 0 Å². The molecule has 1 heterocycles. The highest BCUT2D eigenvalue weighted by Crippen LogP contribution is 2.09. The number of hydrogen-bond donors (Lipinski definition) is 1. The van der Waals surface area contributed by atoms with Crippen LogP contribution in [0.1, 0.15) is 25.7 Å². The molecule has 78 valence electrons. The molecule has 1 aliphatic heterocycles. The lowest BCUT2D eigenvalue weighted by Crippen LogP contribution is -2.20. The highest BCUT2D eigenvalue weighted by atomic mass is 32.2. The Hall–Kier alpha value is 0.270. The topological polar surface area (TPSA) is 29.3 Å². The maximum Gasteiger partial charge on any atom is -0.00109 e. The quantitative estimate of drug-likeness (QED) is 0.635. The van der Waals surface area contributed by atoms with E-state index in [1.807, 2.05) is 0 Å². The minimum atomic E-state index is 0.846. The van der Waals surface area contributed by atoms with Gasteiger partial charge in [-0.25, -0.2) is 0 Å². The van der Waals surface area contributed by atoms with E-state index in [1.54, 1.807) is 0 Å². The molecule has 3 heteroatoms. The fourth-order valence-corrected chi connectivity index (χ4v) is 2.59. The molecule has 0 aromatic carbocycles. The van der Waals surface area contributed by atoms with E-state index in [9.17, 15) is 0 Å². The standard InChI is InChI=1S/C10H22N2S/c11-5-3-9-13-10-4-8-12-6-1-2-7-12/h1-11H2. The van der Waals surface area contributed by atoms with Crippen molar-refractivity contribution in [2.24, 2.45) is 5.73 Å². The molecule has 0 radical (unpaired) electrons. The molecule has 0 saturated carbocycles. The number of nitrogens with two attached hydrogens (primary N) is 1. The fraction of sp³-hybridized carbons (Fsp3) is 1.00. The SMILES string of the molecule is NCCCSCCCN1CCCC1. The third-order valence-corrected chi connectivity index (χ3v) is 3.61. The van der Waals surface area contributed by atoms with Gasteiger partial charge in [-0.2, -0.15) is 11.8 Å². The lowest BCUT2D eigenvalue weighted by Gasteiger charge is -2.13. The molecule has 2 N–H and O–H groups in total. The van der Waals surface area contributed by atoms with Crippen molar-refractivity contribution >= 4 is 11.8 Å². The van der Waals surface area contributed by atoms with E-state index in [0.29, 0.717) is 0 Å². The predicted octanol–water partition coefficient (Wildman–Crippen LogP) is 1.55. The van der Waals surface area contributed by atoms with Crippen LogP contribution >= 0.6 is 11.8 Å². The average Bonchev–Trinajstić information content (AvgIpc) is 2.63. The molecule has 0 aromatic rings. The van der Waals surface area contributed by atoms with Crippen molar-refractivity contribution < 1.29 is 0 Å². The molecule has 13 heavy (non-hydrogen) atoms. The number of hydrogen-bond acceptors (Lipinski definition) is 3. The number of likely N-dealkylation sites (tertiary alicyclic amines) is 1. The van der Waals surface area contributed by atoms with Crippen molar-refractivity contribution in [2.45, 2.75) is 25.7 Å². The second-order valence-corrected chi connectivity index (χ2v) is 4.88. The lowest BCUT2D eigenvalue weighted by atomic mass is 10.4. The van der Waals surface area contributed by atoms with Crippen molar-refractivity contribution in [1.29, 1.82) is 0 Å². The van der Waals surface area contributed by atoms with Gasteiger partial charge in [-0.1, -0.05) is 0 Å². The fourth-order valence-electron chi connectivity index (χ4n) is 1.68. The van der Waals surface area contributed by atoms with Gasteiger partial charge in [0.2, 0.25) is 0 Å². The first-order valence-corrected chi connectivity index (χ1v) is 6.59. The first-order valence-electron chi connectivity index (χ1n) is 5.43. The Labute approximate surface area is 86.2 Å². The molecule has 0 atom stereocenters. The van der Waals surface area contributed by atoms with E-state index in [-0.39, 0.29) is 0 Å². The zero-order valence-electron chi connectivity index (χ0n) is 8.50. The summed E-state index contributed by atoms with van der Waals surface area (Å²) in [5.74, 6) is 2.56. The Bertz CT molecular complexity index is 113. The molecule has 0 spiro atoms. The largest absolute Gasteiger partial charge is 0.330 e. The molecule has 0 amide bonds. The third kappa shape index (κ3) is 5.55. The zero-order chi connectivity index (χ0) is 9.36. The van der Waals surface area contributed by atoms with Crippen LogP contribution in [0.15, 0.2) is 0 Å². The maximum absolute atomic E-state index is 5.42. The van der Waals surface area contributed by atoms with Gasteiger partial charge in [0.15, 0.2) is 0 Å². The Balaban J connectivity index is 1.78. The van der Waals surface area contributed by atoms with Crippen LogP contribution in [0.4, 0.5) is 0 Å². The summed E-state index contributed by atoms with van der Waals surface area (Å²) in [6.07, 6.45) is 5.37. The molecule has 1 fully saturated rings. The summed E-state index contributed by atoms with van der Waals surface area (Å²) in [7, 11) is 0. The Morgan fingerprint density at radius 3 is 2.46 bits per heavy atom. The molecule has 0 aliphatic carbocycles. The van der Waals surface area contributed by atoms with E-state index >= 15 is 0 Å². The van der Waals surface area contributed by atoms with Gasteiger partial charge < -0.3 is 10.6 Å². The second kappa shape index (κ2) is 7.65. The lowest BCUT2D eigenvalue weighted by molar-refractivity contribution is 0.341. The molecule has 1 aliphatic rings. The van der Waals surface area contributed by atoms with Crippen molar-refractivity contribution in [1.82, 2.24) is 4.90 Å². The van der Waals surface area contributed by atoms with Gasteiger partial charge in [0.05, 0.1) is 0 Å². The van der Waals surface area contributed by atoms with Crippen LogP contribution in [-0.2, 0) is 0 Å². The normalized spacial score (nSPS) is 18.2. The smallest absolute Gasteiger partial charge is 0.00109 e. The summed E-state index contributed by atoms with van der Waals surface area (Å²) in [4.78, 5) is 2.59. The molecule has 0 bridgehead atoms. The van der Waals surface area contributed by atoms with Crippen LogP contribution in [0.2, 0.25) is 0 Å². The summed E-state index contributed by atoms with van der Waals surface area (Å²) >= 11 is 2.05. The summed E-state index contributed by atoms with van der Waals surface area (Å²) in [6, 6.07) is 0. The number of nitrogens with zero attached hydrogens (tertiary/aromatic N) is 1. The molecule has 2 nitrogen and oxygen atoms in total. The first kappa shape index (κ1) is 11.3. The van der Waals surface area contributed by atoms with Crippen molar-refractivity contribution in [3.63, 3.8) is 0 Å². The van der Waals surface area contributed by atoms with Crippen molar-refractivity contribution in [3.05, 3.63) is 0 Å². The van der Waals surface area contributed by atoms with Gasteiger partial charge in [-0.05, 0) is 63.4 Å². The summed E-state index contributed by atoms with van der Waals surface area (Å²) in [5.41, 5.74) is 5.42. The van der Waals surface area contributed by atoms with Gasteiger partial charge >= 0.3 is 0 Å².